The minimum atomic E-state index is -1.34. The fourth-order valence-corrected chi connectivity index (χ4v) is 9.01. The van der Waals surface area contributed by atoms with Gasteiger partial charge in [0.15, 0.2) is 0 Å². The van der Waals surface area contributed by atoms with Crippen LogP contribution < -0.4 is 10.2 Å². The number of nitrogens with zero attached hydrogens (tertiary/aromatic N) is 2. The number of likely N-dealkylation sites (tertiary alicyclic amines) is 1. The Morgan fingerprint density at radius 2 is 1.80 bits per heavy atom. The average molecular weight is 751 g/mol. The topological polar surface area (TPSA) is 125 Å². The van der Waals surface area contributed by atoms with Gasteiger partial charge in [0.25, 0.3) is 5.91 Å². The van der Waals surface area contributed by atoms with E-state index < -0.39 is 59.5 Å². The maximum atomic E-state index is 15.1. The number of rotatable bonds is 15. The molecule has 3 aliphatic heterocycles. The van der Waals surface area contributed by atoms with Crippen LogP contribution >= 0.6 is 15.9 Å². The number of ether oxygens (including phenoxy) is 2. The lowest BCUT2D eigenvalue weighted by Crippen LogP contribution is -2.60. The number of nitrogens with one attached hydrogen (secondary N) is 1. The molecule has 0 aromatic heterocycles. The van der Waals surface area contributed by atoms with Crippen LogP contribution in [0.3, 0.4) is 0 Å². The standard InChI is InChI=1S/C39H48BrN3O7/c1-7-9-18-30(45)49-22-28(26-16-11-10-12-17-26)41-36(46)31-32-37(47)43(29(21-44)23(3)4)35(39(32)20-27(40)34(31)50-39)38(48)42(19-8-2)33-24(5)14-13-15-25(33)6/h7-8,10-17,23,27-29,31-32,34-35,44H,1-2,9,18-22H2,3-6H3,(H,41,46)/t27?,28-,29-,31-,32+,34-,35-,39+/m0/s1. The third-order valence-corrected chi connectivity index (χ3v) is 11.2. The van der Waals surface area contributed by atoms with Crippen LogP contribution in [-0.4, -0.2) is 82.1 Å². The number of carbonyl (C=O) groups is 4. The second kappa shape index (κ2) is 15.6. The predicted octanol–water partition coefficient (Wildman–Crippen LogP) is 4.95. The molecule has 0 aliphatic carbocycles. The van der Waals surface area contributed by atoms with E-state index in [9.17, 15) is 19.5 Å². The van der Waals surface area contributed by atoms with Crippen LogP contribution in [0.4, 0.5) is 5.69 Å². The van der Waals surface area contributed by atoms with E-state index >= 15 is 4.79 Å². The molecule has 268 valence electrons. The Kier molecular flexibility index (Phi) is 11.7. The number of esters is 1. The number of halogens is 1. The Balaban J connectivity index is 1.55. The minimum Gasteiger partial charge on any atom is -0.463 e. The van der Waals surface area contributed by atoms with Crippen molar-refractivity contribution in [2.75, 3.05) is 24.7 Å². The van der Waals surface area contributed by atoms with Gasteiger partial charge in [-0.25, -0.2) is 0 Å². The van der Waals surface area contributed by atoms with E-state index in [0.29, 0.717) is 12.8 Å². The molecule has 2 aromatic carbocycles. The molecule has 3 amide bonds. The molecule has 0 saturated carbocycles. The molecule has 11 heteroatoms. The monoisotopic (exact) mass is 749 g/mol. The molecule has 2 bridgehead atoms. The zero-order chi connectivity index (χ0) is 36.3. The Morgan fingerprint density at radius 3 is 2.40 bits per heavy atom. The quantitative estimate of drug-likeness (QED) is 0.150. The summed E-state index contributed by atoms with van der Waals surface area (Å²) in [6.45, 7) is 14.9. The van der Waals surface area contributed by atoms with Crippen molar-refractivity contribution in [2.24, 2.45) is 17.8 Å². The number of alkyl halides is 1. The molecule has 50 heavy (non-hydrogen) atoms. The number of aryl methyl sites for hydroxylation is 2. The van der Waals surface area contributed by atoms with Crippen molar-refractivity contribution in [1.29, 1.82) is 0 Å². The number of hydrogen-bond acceptors (Lipinski definition) is 7. The summed E-state index contributed by atoms with van der Waals surface area (Å²) in [6.07, 6.45) is 3.54. The maximum Gasteiger partial charge on any atom is 0.306 e. The third-order valence-electron chi connectivity index (χ3n) is 10.3. The highest BCUT2D eigenvalue weighted by atomic mass is 79.9. The molecule has 3 saturated heterocycles. The summed E-state index contributed by atoms with van der Waals surface area (Å²) >= 11 is 3.75. The maximum absolute atomic E-state index is 15.1. The fourth-order valence-electron chi connectivity index (χ4n) is 8.07. The van der Waals surface area contributed by atoms with Crippen LogP contribution in [-0.2, 0) is 28.7 Å². The van der Waals surface area contributed by atoms with E-state index in [1.807, 2.05) is 76.2 Å². The number of aliphatic hydroxyl groups excluding tert-OH is 1. The number of hydrogen-bond donors (Lipinski definition) is 2. The lowest BCUT2D eigenvalue weighted by atomic mass is 9.70. The molecular weight excluding hydrogens is 702 g/mol. The summed E-state index contributed by atoms with van der Waals surface area (Å²) in [5.41, 5.74) is 1.88. The number of allylic oxidation sites excluding steroid dienone is 1. The summed E-state index contributed by atoms with van der Waals surface area (Å²) in [4.78, 5) is 59.6. The Bertz CT molecular complexity index is 1600. The van der Waals surface area contributed by atoms with Gasteiger partial charge in [-0.1, -0.05) is 90.5 Å². The van der Waals surface area contributed by atoms with Gasteiger partial charge in [0.05, 0.1) is 36.6 Å². The Hall–Kier alpha value is -3.80. The molecule has 1 spiro atoms. The number of benzene rings is 2. The molecule has 3 heterocycles. The lowest BCUT2D eigenvalue weighted by molar-refractivity contribution is -0.147. The first-order valence-corrected chi connectivity index (χ1v) is 18.2. The smallest absolute Gasteiger partial charge is 0.306 e. The summed E-state index contributed by atoms with van der Waals surface area (Å²) in [6, 6.07) is 12.5. The number of aliphatic hydroxyl groups is 1. The van der Waals surface area contributed by atoms with Crippen LogP contribution in [0.5, 0.6) is 0 Å². The summed E-state index contributed by atoms with van der Waals surface area (Å²) in [5, 5.41) is 13.7. The molecule has 10 nitrogen and oxygen atoms in total. The van der Waals surface area contributed by atoms with Crippen molar-refractivity contribution in [3.05, 3.63) is 90.5 Å². The highest BCUT2D eigenvalue weighted by molar-refractivity contribution is 9.09. The van der Waals surface area contributed by atoms with Crippen LogP contribution in [0.15, 0.2) is 73.8 Å². The van der Waals surface area contributed by atoms with Crippen LogP contribution in [0, 0.1) is 31.6 Å². The highest BCUT2D eigenvalue weighted by Crippen LogP contribution is 2.61. The van der Waals surface area contributed by atoms with Crippen molar-refractivity contribution in [3.8, 4) is 0 Å². The normalized spacial score (nSPS) is 26.3. The molecule has 3 aliphatic rings. The van der Waals surface area contributed by atoms with Crippen molar-refractivity contribution >= 4 is 45.3 Å². The molecule has 2 N–H and O–H groups in total. The second-order valence-electron chi connectivity index (χ2n) is 13.9. The van der Waals surface area contributed by atoms with Crippen LogP contribution in [0.25, 0.3) is 0 Å². The molecule has 1 unspecified atom stereocenters. The van der Waals surface area contributed by atoms with Gasteiger partial charge >= 0.3 is 5.97 Å². The molecule has 3 fully saturated rings. The fraction of sp³-hybridized carbons (Fsp3) is 0.487. The van der Waals surface area contributed by atoms with E-state index in [1.54, 1.807) is 17.1 Å². The van der Waals surface area contributed by atoms with E-state index in [4.69, 9.17) is 9.47 Å². The van der Waals surface area contributed by atoms with Crippen molar-refractivity contribution < 1.29 is 33.8 Å². The summed E-state index contributed by atoms with van der Waals surface area (Å²) in [5.74, 6) is -3.75. The van der Waals surface area contributed by atoms with E-state index in [1.165, 1.54) is 4.90 Å². The summed E-state index contributed by atoms with van der Waals surface area (Å²) < 4.78 is 12.3. The van der Waals surface area contributed by atoms with Gasteiger partial charge in [0, 0.05) is 23.5 Å². The third kappa shape index (κ3) is 6.79. The Morgan fingerprint density at radius 1 is 1.12 bits per heavy atom. The van der Waals surface area contributed by atoms with E-state index in [0.717, 1.165) is 22.4 Å². The van der Waals surface area contributed by atoms with Gasteiger partial charge in [0.2, 0.25) is 11.8 Å². The first kappa shape index (κ1) is 37.5. The van der Waals surface area contributed by atoms with Crippen molar-refractivity contribution in [3.63, 3.8) is 0 Å². The minimum absolute atomic E-state index is 0.106. The number of fused-ring (bicyclic) bond motifs is 1. The summed E-state index contributed by atoms with van der Waals surface area (Å²) in [7, 11) is 0. The second-order valence-corrected chi connectivity index (χ2v) is 15.0. The van der Waals surface area contributed by atoms with E-state index in [-0.39, 0.29) is 42.8 Å². The number of para-hydroxylation sites is 1. The first-order chi connectivity index (χ1) is 23.9. The first-order valence-electron chi connectivity index (χ1n) is 17.3. The van der Waals surface area contributed by atoms with Crippen LogP contribution in [0.1, 0.15) is 55.8 Å². The van der Waals surface area contributed by atoms with Gasteiger partial charge in [0.1, 0.15) is 18.2 Å². The molecule has 0 radical (unpaired) electrons. The zero-order valence-electron chi connectivity index (χ0n) is 29.2. The zero-order valence-corrected chi connectivity index (χ0v) is 30.8. The van der Waals surface area contributed by atoms with E-state index in [2.05, 4.69) is 34.4 Å². The van der Waals surface area contributed by atoms with Gasteiger partial charge in [-0.15, -0.1) is 13.2 Å². The SMILES string of the molecule is C=CCCC(=O)OC[C@H](NC(=O)[C@@H]1[C@H]2O[C@@]3(CC2Br)[C@H](C(=O)N(CC=C)c2c(C)cccc2C)N([C@@H](CO)C(C)C)C(=O)[C@@H]13)c1ccccc1. The molecular formula is C39H48BrN3O7. The highest BCUT2D eigenvalue weighted by Gasteiger charge is 2.77. The van der Waals surface area contributed by atoms with Gasteiger partial charge in [-0.3, -0.25) is 19.2 Å². The average Bonchev–Trinajstić information content (AvgIpc) is 3.68. The number of anilines is 1. The van der Waals surface area contributed by atoms with Crippen molar-refractivity contribution in [2.45, 2.75) is 81.6 Å². The lowest BCUT2D eigenvalue weighted by Gasteiger charge is -2.41. The van der Waals surface area contributed by atoms with Gasteiger partial charge in [-0.2, -0.15) is 0 Å². The van der Waals surface area contributed by atoms with Gasteiger partial charge < -0.3 is 29.7 Å². The number of amides is 3. The predicted molar refractivity (Wildman–Crippen MR) is 194 cm³/mol. The molecule has 8 atom stereocenters. The molecule has 2 aromatic rings. The van der Waals surface area contributed by atoms with Crippen molar-refractivity contribution in [1.82, 2.24) is 10.2 Å². The van der Waals surface area contributed by atoms with Gasteiger partial charge in [-0.05, 0) is 49.3 Å². The largest absolute Gasteiger partial charge is 0.463 e. The Labute approximate surface area is 303 Å². The number of carbonyl (C=O) groups excluding carboxylic acids is 4. The molecule has 5 rings (SSSR count). The van der Waals surface area contributed by atoms with Crippen LogP contribution in [0.2, 0.25) is 0 Å².